The van der Waals surface area contributed by atoms with Crippen LogP contribution in [0.15, 0.2) is 42.5 Å². The lowest BCUT2D eigenvalue weighted by atomic mass is 10.0. The highest BCUT2D eigenvalue weighted by molar-refractivity contribution is 5.82. The van der Waals surface area contributed by atoms with E-state index in [1.54, 1.807) is 6.07 Å². The number of ether oxygens (including phenoxy) is 1. The van der Waals surface area contributed by atoms with Gasteiger partial charge in [-0.25, -0.2) is 0 Å². The highest BCUT2D eigenvalue weighted by atomic mass is 19.4. The summed E-state index contributed by atoms with van der Waals surface area (Å²) >= 11 is 0. The van der Waals surface area contributed by atoms with Crippen LogP contribution in [0.4, 0.5) is 13.2 Å². The van der Waals surface area contributed by atoms with E-state index in [9.17, 15) is 23.1 Å². The summed E-state index contributed by atoms with van der Waals surface area (Å²) < 4.78 is 40.3. The van der Waals surface area contributed by atoms with E-state index in [4.69, 9.17) is 0 Å². The van der Waals surface area contributed by atoms with Gasteiger partial charge in [0, 0.05) is 0 Å². The number of aromatic hydroxyl groups is 1. The lowest BCUT2D eigenvalue weighted by Gasteiger charge is -2.10. The zero-order chi connectivity index (χ0) is 14.8. The minimum absolute atomic E-state index is 0.0599. The van der Waals surface area contributed by atoms with E-state index in [1.165, 1.54) is 36.4 Å². The van der Waals surface area contributed by atoms with Crippen molar-refractivity contribution in [1.82, 2.24) is 0 Å². The maximum atomic E-state index is 12.1. The number of alkyl halides is 3. The number of rotatable bonds is 3. The third-order valence-corrected chi connectivity index (χ3v) is 2.56. The zero-order valence-corrected chi connectivity index (χ0v) is 10.0. The molecule has 0 amide bonds. The van der Waals surface area contributed by atoms with Crippen LogP contribution >= 0.6 is 0 Å². The number of benzene rings is 2. The Morgan fingerprint density at radius 1 is 1.05 bits per heavy atom. The second kappa shape index (κ2) is 5.24. The number of hydrogen-bond donors (Lipinski definition) is 1. The Hall–Kier alpha value is -2.50. The molecule has 0 aliphatic carbocycles. The van der Waals surface area contributed by atoms with E-state index in [0.717, 1.165) is 0 Å². The lowest BCUT2D eigenvalue weighted by molar-refractivity contribution is -0.274. The number of aldehydes is 1. The zero-order valence-electron chi connectivity index (χ0n) is 10.0. The number of halogens is 3. The van der Waals surface area contributed by atoms with Gasteiger partial charge in [0.2, 0.25) is 0 Å². The molecule has 0 saturated carbocycles. The van der Waals surface area contributed by atoms with Gasteiger partial charge in [0.15, 0.2) is 6.29 Å². The summed E-state index contributed by atoms with van der Waals surface area (Å²) in [6.45, 7) is 0. The molecule has 2 rings (SSSR count). The van der Waals surface area contributed by atoms with Crippen molar-refractivity contribution in [2.24, 2.45) is 0 Å². The average Bonchev–Trinajstić information content (AvgIpc) is 2.37. The fourth-order valence-corrected chi connectivity index (χ4v) is 1.70. The average molecular weight is 282 g/mol. The van der Waals surface area contributed by atoms with Gasteiger partial charge in [-0.1, -0.05) is 18.2 Å². The monoisotopic (exact) mass is 282 g/mol. The van der Waals surface area contributed by atoms with Crippen molar-refractivity contribution < 1.29 is 27.8 Å². The van der Waals surface area contributed by atoms with E-state index in [2.05, 4.69) is 4.74 Å². The standard InChI is InChI=1S/C14H9F3O3/c15-14(16,17)20-12-3-1-2-9(7-12)10-4-5-13(19)11(6-10)8-18/h1-8,19H. The molecule has 0 heterocycles. The summed E-state index contributed by atoms with van der Waals surface area (Å²) in [4.78, 5) is 10.7. The molecule has 20 heavy (non-hydrogen) atoms. The first-order valence-electron chi connectivity index (χ1n) is 5.53. The van der Waals surface area contributed by atoms with Crippen molar-refractivity contribution in [1.29, 1.82) is 0 Å². The third-order valence-electron chi connectivity index (χ3n) is 2.56. The summed E-state index contributed by atoms with van der Waals surface area (Å²) in [5.74, 6) is -0.540. The predicted octanol–water partition coefficient (Wildman–Crippen LogP) is 3.77. The molecule has 1 N–H and O–H groups in total. The predicted molar refractivity (Wildman–Crippen MR) is 65.6 cm³/mol. The fraction of sp³-hybridized carbons (Fsp3) is 0.0714. The Labute approximate surface area is 112 Å². The van der Waals surface area contributed by atoms with E-state index in [-0.39, 0.29) is 17.1 Å². The van der Waals surface area contributed by atoms with Crippen molar-refractivity contribution in [2.45, 2.75) is 6.36 Å². The second-order valence-electron chi connectivity index (χ2n) is 3.97. The second-order valence-corrected chi connectivity index (χ2v) is 3.97. The quantitative estimate of drug-likeness (QED) is 0.872. The Kier molecular flexibility index (Phi) is 3.65. The maximum absolute atomic E-state index is 12.1. The molecule has 0 spiro atoms. The fourth-order valence-electron chi connectivity index (χ4n) is 1.70. The number of hydrogen-bond acceptors (Lipinski definition) is 3. The van der Waals surface area contributed by atoms with Crippen LogP contribution in [-0.2, 0) is 0 Å². The number of phenols is 1. The van der Waals surface area contributed by atoms with Gasteiger partial charge < -0.3 is 9.84 Å². The Morgan fingerprint density at radius 3 is 2.40 bits per heavy atom. The molecular formula is C14H9F3O3. The molecule has 104 valence electrons. The minimum Gasteiger partial charge on any atom is -0.507 e. The number of carbonyl (C=O) groups is 1. The Balaban J connectivity index is 2.38. The first-order valence-corrected chi connectivity index (χ1v) is 5.53. The van der Waals surface area contributed by atoms with Gasteiger partial charge in [-0.05, 0) is 35.4 Å². The molecule has 0 saturated heterocycles. The first kappa shape index (κ1) is 13.9. The van der Waals surface area contributed by atoms with E-state index in [0.29, 0.717) is 17.4 Å². The van der Waals surface area contributed by atoms with Crippen LogP contribution in [0.5, 0.6) is 11.5 Å². The van der Waals surface area contributed by atoms with Crippen molar-refractivity contribution in [2.75, 3.05) is 0 Å². The van der Waals surface area contributed by atoms with Crippen molar-refractivity contribution in [3.8, 4) is 22.6 Å². The van der Waals surface area contributed by atoms with Crippen LogP contribution < -0.4 is 4.74 Å². The molecule has 0 radical (unpaired) electrons. The topological polar surface area (TPSA) is 46.5 Å². The molecule has 2 aromatic rings. The third kappa shape index (κ3) is 3.28. The summed E-state index contributed by atoms with van der Waals surface area (Å²) in [7, 11) is 0. The van der Waals surface area contributed by atoms with Gasteiger partial charge in [-0.15, -0.1) is 13.2 Å². The molecule has 3 nitrogen and oxygen atoms in total. The van der Waals surface area contributed by atoms with Crippen LogP contribution in [0.2, 0.25) is 0 Å². The van der Waals surface area contributed by atoms with Crippen LogP contribution in [0.3, 0.4) is 0 Å². The van der Waals surface area contributed by atoms with Crippen LogP contribution in [0.1, 0.15) is 10.4 Å². The van der Waals surface area contributed by atoms with Gasteiger partial charge >= 0.3 is 6.36 Å². The molecule has 2 aromatic carbocycles. The van der Waals surface area contributed by atoms with Crippen molar-refractivity contribution >= 4 is 6.29 Å². The highest BCUT2D eigenvalue weighted by Gasteiger charge is 2.31. The van der Waals surface area contributed by atoms with Gasteiger partial charge in [-0.2, -0.15) is 0 Å². The van der Waals surface area contributed by atoms with Crippen LogP contribution in [-0.4, -0.2) is 17.8 Å². The number of carbonyl (C=O) groups excluding carboxylic acids is 1. The minimum atomic E-state index is -4.76. The van der Waals surface area contributed by atoms with Crippen LogP contribution in [0.25, 0.3) is 11.1 Å². The van der Waals surface area contributed by atoms with Gasteiger partial charge in [0.05, 0.1) is 5.56 Å². The largest absolute Gasteiger partial charge is 0.573 e. The van der Waals surface area contributed by atoms with Gasteiger partial charge in [0.1, 0.15) is 11.5 Å². The molecule has 0 fully saturated rings. The van der Waals surface area contributed by atoms with Crippen molar-refractivity contribution in [3.05, 3.63) is 48.0 Å². The molecule has 0 aliphatic heterocycles. The molecule has 0 atom stereocenters. The molecule has 0 aliphatic rings. The molecule has 6 heteroatoms. The van der Waals surface area contributed by atoms with E-state index < -0.39 is 6.36 Å². The maximum Gasteiger partial charge on any atom is 0.573 e. The molecule has 0 aromatic heterocycles. The normalized spacial score (nSPS) is 11.2. The van der Waals surface area contributed by atoms with Crippen molar-refractivity contribution in [3.63, 3.8) is 0 Å². The van der Waals surface area contributed by atoms with Gasteiger partial charge in [0.25, 0.3) is 0 Å². The Morgan fingerprint density at radius 2 is 1.75 bits per heavy atom. The summed E-state index contributed by atoms with van der Waals surface area (Å²) in [5.41, 5.74) is 0.997. The molecular weight excluding hydrogens is 273 g/mol. The van der Waals surface area contributed by atoms with Crippen LogP contribution in [0, 0.1) is 0 Å². The smallest absolute Gasteiger partial charge is 0.507 e. The summed E-state index contributed by atoms with van der Waals surface area (Å²) in [6.07, 6.45) is -4.30. The molecule has 0 bridgehead atoms. The van der Waals surface area contributed by atoms with Gasteiger partial charge in [-0.3, -0.25) is 4.79 Å². The highest BCUT2D eigenvalue weighted by Crippen LogP contribution is 2.29. The summed E-state index contributed by atoms with van der Waals surface area (Å²) in [5, 5.41) is 9.38. The molecule has 0 unspecified atom stereocenters. The number of phenolic OH excluding ortho intramolecular Hbond substituents is 1. The van der Waals surface area contributed by atoms with E-state index in [1.807, 2.05) is 0 Å². The first-order chi connectivity index (χ1) is 9.39. The SMILES string of the molecule is O=Cc1cc(-c2cccc(OC(F)(F)F)c2)ccc1O. The van der Waals surface area contributed by atoms with E-state index >= 15 is 0 Å². The summed E-state index contributed by atoms with van der Waals surface area (Å²) in [6, 6.07) is 9.54. The Bertz CT molecular complexity index is 636. The lowest BCUT2D eigenvalue weighted by Crippen LogP contribution is -2.17.